The van der Waals surface area contributed by atoms with Crippen LogP contribution in [0.3, 0.4) is 0 Å². The lowest BCUT2D eigenvalue weighted by Crippen LogP contribution is -2.56. The van der Waals surface area contributed by atoms with Crippen molar-refractivity contribution in [1.29, 1.82) is 0 Å². The van der Waals surface area contributed by atoms with Gasteiger partial charge in [0, 0.05) is 57.0 Å². The molecule has 0 radical (unpaired) electrons. The van der Waals surface area contributed by atoms with Gasteiger partial charge in [0.15, 0.2) is 0 Å². The van der Waals surface area contributed by atoms with E-state index in [1.165, 1.54) is 16.8 Å². The van der Waals surface area contributed by atoms with E-state index in [1.807, 2.05) is 0 Å². The fourth-order valence-electron chi connectivity index (χ4n) is 4.08. The number of anilines is 1. The van der Waals surface area contributed by atoms with Crippen molar-refractivity contribution < 1.29 is 9.53 Å². The molecule has 1 aromatic rings. The summed E-state index contributed by atoms with van der Waals surface area (Å²) in [5, 5.41) is 3.15. The highest BCUT2D eigenvalue weighted by Gasteiger charge is 2.29. The molecule has 0 saturated carbocycles. The van der Waals surface area contributed by atoms with Gasteiger partial charge in [0.1, 0.15) is 0 Å². The van der Waals surface area contributed by atoms with Crippen LogP contribution in [0.4, 0.5) is 5.69 Å². The van der Waals surface area contributed by atoms with Crippen LogP contribution in [-0.4, -0.2) is 86.8 Å². The largest absolute Gasteiger partial charge is 0.379 e. The number of ether oxygens (including phenoxy) is 1. The molecule has 0 aromatic heterocycles. The van der Waals surface area contributed by atoms with Crippen molar-refractivity contribution in [3.8, 4) is 0 Å². The van der Waals surface area contributed by atoms with Crippen molar-refractivity contribution in [2.75, 3.05) is 70.5 Å². The minimum atomic E-state index is -0.0408. The highest BCUT2D eigenvalue weighted by Crippen LogP contribution is 2.23. The summed E-state index contributed by atoms with van der Waals surface area (Å²) in [4.78, 5) is 19.6. The van der Waals surface area contributed by atoms with Crippen LogP contribution in [-0.2, 0) is 9.53 Å². The Morgan fingerprint density at radius 2 is 1.75 bits per heavy atom. The Kier molecular flexibility index (Phi) is 6.96. The molecule has 28 heavy (non-hydrogen) atoms. The van der Waals surface area contributed by atoms with E-state index in [4.69, 9.17) is 4.74 Å². The average molecular weight is 389 g/mol. The predicted molar refractivity (Wildman–Crippen MR) is 114 cm³/mol. The molecule has 0 unspecified atom stereocenters. The van der Waals surface area contributed by atoms with E-state index < -0.39 is 0 Å². The van der Waals surface area contributed by atoms with Gasteiger partial charge in [0.25, 0.3) is 0 Å². The normalized spacial score (nSPS) is 19.6. The van der Waals surface area contributed by atoms with Crippen molar-refractivity contribution in [2.24, 2.45) is 0 Å². The van der Waals surface area contributed by atoms with Crippen molar-refractivity contribution >= 4 is 11.6 Å². The summed E-state index contributed by atoms with van der Waals surface area (Å²) < 4.78 is 5.44. The molecule has 1 N–H and O–H groups in total. The van der Waals surface area contributed by atoms with Crippen molar-refractivity contribution in [2.45, 2.75) is 33.2 Å². The minimum Gasteiger partial charge on any atom is -0.379 e. The molecule has 0 aliphatic carbocycles. The maximum atomic E-state index is 12.5. The second-order valence-corrected chi connectivity index (χ2v) is 8.67. The van der Waals surface area contributed by atoms with Crippen LogP contribution in [0.15, 0.2) is 18.2 Å². The van der Waals surface area contributed by atoms with Crippen LogP contribution in [0.1, 0.15) is 25.0 Å². The Morgan fingerprint density at radius 3 is 2.43 bits per heavy atom. The predicted octanol–water partition coefficient (Wildman–Crippen LogP) is 1.65. The lowest BCUT2D eigenvalue weighted by atomic mass is 10.0. The number of carbonyl (C=O) groups excluding carboxylic acids is 1. The molecular weight excluding hydrogens is 352 g/mol. The number of morpholine rings is 1. The van der Waals surface area contributed by atoms with Gasteiger partial charge in [0.2, 0.25) is 5.91 Å². The summed E-state index contributed by atoms with van der Waals surface area (Å²) >= 11 is 0. The monoisotopic (exact) mass is 388 g/mol. The molecular formula is C22H36N4O2. The number of carbonyl (C=O) groups is 1. The lowest BCUT2D eigenvalue weighted by molar-refractivity contribution is -0.123. The highest BCUT2D eigenvalue weighted by molar-refractivity contribution is 5.78. The molecule has 0 atom stereocenters. The number of benzene rings is 1. The molecule has 2 saturated heterocycles. The van der Waals surface area contributed by atoms with Gasteiger partial charge in [-0.1, -0.05) is 12.1 Å². The number of nitrogens with one attached hydrogen (secondary N) is 1. The number of piperazine rings is 1. The smallest absolute Gasteiger partial charge is 0.234 e. The fourth-order valence-corrected chi connectivity index (χ4v) is 4.08. The Balaban J connectivity index is 1.43. The molecule has 0 spiro atoms. The van der Waals surface area contributed by atoms with Crippen LogP contribution in [0, 0.1) is 13.8 Å². The van der Waals surface area contributed by atoms with Gasteiger partial charge in [-0.25, -0.2) is 0 Å². The molecule has 0 bridgehead atoms. The Hall–Kier alpha value is -1.63. The van der Waals surface area contributed by atoms with E-state index in [-0.39, 0.29) is 11.4 Å². The van der Waals surface area contributed by atoms with Crippen LogP contribution in [0.5, 0.6) is 0 Å². The fraction of sp³-hybridized carbons (Fsp3) is 0.682. The second kappa shape index (κ2) is 9.25. The average Bonchev–Trinajstić information content (AvgIpc) is 2.70. The zero-order chi connectivity index (χ0) is 20.1. The maximum Gasteiger partial charge on any atom is 0.234 e. The van der Waals surface area contributed by atoms with Crippen LogP contribution >= 0.6 is 0 Å². The van der Waals surface area contributed by atoms with Crippen molar-refractivity contribution in [1.82, 2.24) is 15.1 Å². The second-order valence-electron chi connectivity index (χ2n) is 8.67. The molecule has 6 nitrogen and oxygen atoms in total. The van der Waals surface area contributed by atoms with Gasteiger partial charge in [-0.2, -0.15) is 0 Å². The highest BCUT2D eigenvalue weighted by atomic mass is 16.5. The van der Waals surface area contributed by atoms with Crippen molar-refractivity contribution in [3.05, 3.63) is 29.3 Å². The van der Waals surface area contributed by atoms with Crippen LogP contribution < -0.4 is 10.2 Å². The molecule has 156 valence electrons. The van der Waals surface area contributed by atoms with E-state index >= 15 is 0 Å². The first-order valence-electron chi connectivity index (χ1n) is 10.5. The third-order valence-electron chi connectivity index (χ3n) is 6.24. The van der Waals surface area contributed by atoms with Gasteiger partial charge >= 0.3 is 0 Å². The first-order valence-corrected chi connectivity index (χ1v) is 10.5. The molecule has 2 aliphatic rings. The third-order valence-corrected chi connectivity index (χ3v) is 6.24. The van der Waals surface area contributed by atoms with E-state index in [9.17, 15) is 4.79 Å². The van der Waals surface area contributed by atoms with E-state index in [2.05, 4.69) is 65.9 Å². The maximum absolute atomic E-state index is 12.5. The number of nitrogens with zero attached hydrogens (tertiary/aromatic N) is 3. The van der Waals surface area contributed by atoms with E-state index in [0.29, 0.717) is 13.1 Å². The lowest BCUT2D eigenvalue weighted by Gasteiger charge is -2.41. The summed E-state index contributed by atoms with van der Waals surface area (Å²) in [5.74, 6) is 0.126. The number of aryl methyl sites for hydroxylation is 1. The standard InChI is InChI=1S/C22H36N4O2/c1-18-6-5-7-20(19(18)2)25-10-8-24(9-11-25)16-21(27)23-17-22(3,4)26-12-14-28-15-13-26/h5-7H,8-17H2,1-4H3,(H,23,27). The molecule has 6 heteroatoms. The third kappa shape index (κ3) is 5.25. The number of rotatable bonds is 6. The molecule has 3 rings (SSSR count). The topological polar surface area (TPSA) is 48.0 Å². The zero-order valence-electron chi connectivity index (χ0n) is 18.0. The van der Waals surface area contributed by atoms with Crippen molar-refractivity contribution in [3.63, 3.8) is 0 Å². The molecule has 2 fully saturated rings. The number of amides is 1. The van der Waals surface area contributed by atoms with Gasteiger partial charge in [-0.15, -0.1) is 0 Å². The van der Waals surface area contributed by atoms with Gasteiger partial charge in [0.05, 0.1) is 19.8 Å². The molecule has 1 amide bonds. The quantitative estimate of drug-likeness (QED) is 0.803. The number of hydrogen-bond acceptors (Lipinski definition) is 5. The Labute approximate surface area is 169 Å². The summed E-state index contributed by atoms with van der Waals surface area (Å²) in [6, 6.07) is 6.50. The summed E-state index contributed by atoms with van der Waals surface area (Å²) in [6.45, 7) is 17.1. The first kappa shape index (κ1) is 21.1. The summed E-state index contributed by atoms with van der Waals surface area (Å²) in [7, 11) is 0. The summed E-state index contributed by atoms with van der Waals surface area (Å²) in [6.07, 6.45) is 0. The van der Waals surface area contributed by atoms with Gasteiger partial charge in [-0.3, -0.25) is 14.6 Å². The van der Waals surface area contributed by atoms with Gasteiger partial charge in [-0.05, 0) is 44.9 Å². The zero-order valence-corrected chi connectivity index (χ0v) is 18.0. The minimum absolute atomic E-state index is 0.0408. The van der Waals surface area contributed by atoms with Crippen LogP contribution in [0.2, 0.25) is 0 Å². The first-order chi connectivity index (χ1) is 13.4. The molecule has 2 heterocycles. The summed E-state index contributed by atoms with van der Waals surface area (Å²) in [5.41, 5.74) is 3.98. The molecule has 2 aliphatic heterocycles. The van der Waals surface area contributed by atoms with Crippen LogP contribution in [0.25, 0.3) is 0 Å². The van der Waals surface area contributed by atoms with E-state index in [0.717, 1.165) is 52.5 Å². The Morgan fingerprint density at radius 1 is 1.07 bits per heavy atom. The van der Waals surface area contributed by atoms with Gasteiger partial charge < -0.3 is 15.0 Å². The SMILES string of the molecule is Cc1cccc(N2CCN(CC(=O)NCC(C)(C)N3CCOCC3)CC2)c1C. The van der Waals surface area contributed by atoms with E-state index in [1.54, 1.807) is 0 Å². The molecule has 1 aromatic carbocycles. The Bertz CT molecular complexity index is 663. The number of hydrogen-bond donors (Lipinski definition) is 1.